The number of carbonyl (C=O) groups excluding carboxylic acids is 2. The van der Waals surface area contributed by atoms with Gasteiger partial charge in [-0.05, 0) is 49.3 Å². The number of carbonyl (C=O) groups is 2. The second-order valence-corrected chi connectivity index (χ2v) is 7.86. The number of nitrogens with zero attached hydrogens (tertiary/aromatic N) is 1. The van der Waals surface area contributed by atoms with Gasteiger partial charge in [0.25, 0.3) is 0 Å². The molecule has 6 heteroatoms. The fraction of sp³-hybridized carbons (Fsp3) is 0.400. The average molecular weight is 370 g/mol. The minimum Gasteiger partial charge on any atom is -0.465 e. The second-order valence-electron chi connectivity index (χ2n) is 6.76. The monoisotopic (exact) mass is 370 g/mol. The molecule has 0 radical (unpaired) electrons. The van der Waals surface area contributed by atoms with Gasteiger partial charge in [0, 0.05) is 17.1 Å². The summed E-state index contributed by atoms with van der Waals surface area (Å²) >= 11 is 1.52. The van der Waals surface area contributed by atoms with Crippen LogP contribution >= 0.6 is 11.3 Å². The number of anilines is 2. The third kappa shape index (κ3) is 3.09. The Morgan fingerprint density at radius 3 is 2.88 bits per heavy atom. The summed E-state index contributed by atoms with van der Waals surface area (Å²) in [4.78, 5) is 28.2. The molecule has 1 aromatic carbocycles. The summed E-state index contributed by atoms with van der Waals surface area (Å²) in [5.74, 6) is -0.449. The lowest BCUT2D eigenvalue weighted by Crippen LogP contribution is -2.36. The molecule has 1 aromatic heterocycles. The fourth-order valence-electron chi connectivity index (χ4n) is 3.93. The lowest BCUT2D eigenvalue weighted by molar-refractivity contribution is -0.115. The van der Waals surface area contributed by atoms with Crippen LogP contribution in [0.3, 0.4) is 0 Å². The lowest BCUT2D eigenvalue weighted by atomic mass is 10.0. The maximum atomic E-state index is 12.7. The number of methoxy groups -OCH3 is 1. The summed E-state index contributed by atoms with van der Waals surface area (Å²) < 4.78 is 4.94. The van der Waals surface area contributed by atoms with Crippen LogP contribution in [0.25, 0.3) is 0 Å². The first-order valence-electron chi connectivity index (χ1n) is 9.03. The molecular formula is C20H22N2O3S. The molecular weight excluding hydrogens is 348 g/mol. The molecule has 0 unspecified atom stereocenters. The average Bonchev–Trinajstić information content (AvgIpc) is 3.22. The Bertz CT molecular complexity index is 859. The van der Waals surface area contributed by atoms with Crippen LogP contribution in [0.15, 0.2) is 24.3 Å². The minimum absolute atomic E-state index is 0.0909. The molecule has 1 aliphatic carbocycles. The van der Waals surface area contributed by atoms with E-state index in [1.807, 2.05) is 12.1 Å². The molecule has 1 amide bonds. The zero-order valence-electron chi connectivity index (χ0n) is 14.8. The summed E-state index contributed by atoms with van der Waals surface area (Å²) in [5.41, 5.74) is 4.03. The molecule has 0 saturated carbocycles. The van der Waals surface area contributed by atoms with Gasteiger partial charge in [0.15, 0.2) is 0 Å². The molecule has 2 aliphatic rings. The Hall–Kier alpha value is -2.34. The van der Waals surface area contributed by atoms with Crippen LogP contribution in [-0.4, -0.2) is 32.1 Å². The van der Waals surface area contributed by atoms with Crippen LogP contribution in [0.2, 0.25) is 0 Å². The molecule has 0 atom stereocenters. The first-order chi connectivity index (χ1) is 12.7. The molecule has 4 rings (SSSR count). The van der Waals surface area contributed by atoms with Gasteiger partial charge in [-0.1, -0.05) is 18.2 Å². The minimum atomic E-state index is -0.358. The van der Waals surface area contributed by atoms with Crippen molar-refractivity contribution in [1.82, 2.24) is 0 Å². The standard InChI is InChI=1S/C20H22N2O3S/c1-25-20(24)18-14-8-4-10-16(14)26-19(18)21-17(23)12-22-11-5-7-13-6-2-3-9-15(13)22/h2-3,6,9H,4-5,7-8,10-12H2,1H3,(H,21,23). The number of benzene rings is 1. The number of hydrogen-bond acceptors (Lipinski definition) is 5. The Labute approximate surface area is 157 Å². The summed E-state index contributed by atoms with van der Waals surface area (Å²) in [6.07, 6.45) is 5.01. The molecule has 136 valence electrons. The first kappa shape index (κ1) is 17.1. The zero-order valence-corrected chi connectivity index (χ0v) is 15.7. The summed E-state index contributed by atoms with van der Waals surface area (Å²) in [6, 6.07) is 8.24. The summed E-state index contributed by atoms with van der Waals surface area (Å²) in [6.45, 7) is 1.16. The highest BCUT2D eigenvalue weighted by molar-refractivity contribution is 7.17. The van der Waals surface area contributed by atoms with Crippen molar-refractivity contribution in [3.8, 4) is 0 Å². The number of para-hydroxylation sites is 1. The van der Waals surface area contributed by atoms with E-state index in [0.29, 0.717) is 17.1 Å². The van der Waals surface area contributed by atoms with Gasteiger partial charge >= 0.3 is 5.97 Å². The van der Waals surface area contributed by atoms with E-state index in [9.17, 15) is 9.59 Å². The number of fused-ring (bicyclic) bond motifs is 2. The lowest BCUT2D eigenvalue weighted by Gasteiger charge is -2.30. The van der Waals surface area contributed by atoms with Crippen LogP contribution < -0.4 is 10.2 Å². The Kier molecular flexibility index (Phi) is 4.68. The van der Waals surface area contributed by atoms with Crippen molar-refractivity contribution in [2.24, 2.45) is 0 Å². The van der Waals surface area contributed by atoms with E-state index in [1.54, 1.807) is 0 Å². The SMILES string of the molecule is COC(=O)c1c(NC(=O)CN2CCCc3ccccc32)sc2c1CCC2. The van der Waals surface area contributed by atoms with E-state index < -0.39 is 0 Å². The highest BCUT2D eigenvalue weighted by Crippen LogP contribution is 2.39. The quantitative estimate of drug-likeness (QED) is 0.838. The van der Waals surface area contributed by atoms with Crippen LogP contribution in [0.5, 0.6) is 0 Å². The Morgan fingerprint density at radius 1 is 1.19 bits per heavy atom. The highest BCUT2D eigenvalue weighted by atomic mass is 32.1. The highest BCUT2D eigenvalue weighted by Gasteiger charge is 2.28. The normalized spacial score (nSPS) is 15.3. The van der Waals surface area contributed by atoms with Gasteiger partial charge in [0.2, 0.25) is 5.91 Å². The Balaban J connectivity index is 1.52. The summed E-state index contributed by atoms with van der Waals surface area (Å²) in [5, 5.41) is 3.61. The topological polar surface area (TPSA) is 58.6 Å². The first-order valence-corrected chi connectivity index (χ1v) is 9.84. The van der Waals surface area contributed by atoms with E-state index in [4.69, 9.17) is 4.74 Å². The molecule has 2 aromatic rings. The van der Waals surface area contributed by atoms with E-state index >= 15 is 0 Å². The van der Waals surface area contributed by atoms with Crippen molar-refractivity contribution in [2.75, 3.05) is 30.4 Å². The molecule has 0 spiro atoms. The third-order valence-electron chi connectivity index (χ3n) is 5.10. The maximum absolute atomic E-state index is 12.7. The largest absolute Gasteiger partial charge is 0.465 e. The van der Waals surface area contributed by atoms with Gasteiger partial charge in [-0.3, -0.25) is 4.79 Å². The summed E-state index contributed by atoms with van der Waals surface area (Å²) in [7, 11) is 1.39. The van der Waals surface area contributed by atoms with E-state index in [0.717, 1.165) is 49.9 Å². The van der Waals surface area contributed by atoms with Crippen LogP contribution in [-0.2, 0) is 28.8 Å². The zero-order chi connectivity index (χ0) is 18.1. The number of esters is 1. The molecule has 0 saturated heterocycles. The maximum Gasteiger partial charge on any atom is 0.341 e. The van der Waals surface area contributed by atoms with Gasteiger partial charge < -0.3 is 15.0 Å². The number of nitrogens with one attached hydrogen (secondary N) is 1. The van der Waals surface area contributed by atoms with E-state index in [-0.39, 0.29) is 11.9 Å². The predicted octanol–water partition coefficient (Wildman–Crippen LogP) is 3.41. The Morgan fingerprint density at radius 2 is 2.04 bits per heavy atom. The van der Waals surface area contributed by atoms with E-state index in [1.165, 1.54) is 28.9 Å². The van der Waals surface area contributed by atoms with Gasteiger partial charge in [0.1, 0.15) is 5.00 Å². The molecule has 0 bridgehead atoms. The molecule has 1 N–H and O–H groups in total. The second kappa shape index (κ2) is 7.11. The van der Waals surface area contributed by atoms with Gasteiger partial charge in [0.05, 0.1) is 19.2 Å². The van der Waals surface area contributed by atoms with Crippen molar-refractivity contribution < 1.29 is 14.3 Å². The number of thiophene rings is 1. The van der Waals surface area contributed by atoms with Crippen molar-refractivity contribution in [1.29, 1.82) is 0 Å². The molecule has 2 heterocycles. The van der Waals surface area contributed by atoms with Crippen LogP contribution in [0.1, 0.15) is 39.2 Å². The number of rotatable bonds is 4. The predicted molar refractivity (Wildman–Crippen MR) is 103 cm³/mol. The number of amides is 1. The van der Waals surface area contributed by atoms with Gasteiger partial charge in [-0.25, -0.2) is 4.79 Å². The van der Waals surface area contributed by atoms with E-state index in [2.05, 4.69) is 22.3 Å². The smallest absolute Gasteiger partial charge is 0.341 e. The van der Waals surface area contributed by atoms with Crippen LogP contribution in [0.4, 0.5) is 10.7 Å². The molecule has 5 nitrogen and oxygen atoms in total. The van der Waals surface area contributed by atoms with Crippen molar-refractivity contribution in [2.45, 2.75) is 32.1 Å². The number of aryl methyl sites for hydroxylation is 2. The third-order valence-corrected chi connectivity index (χ3v) is 6.31. The van der Waals surface area contributed by atoms with Crippen molar-refractivity contribution in [3.05, 3.63) is 45.8 Å². The van der Waals surface area contributed by atoms with Crippen LogP contribution in [0, 0.1) is 0 Å². The fourth-order valence-corrected chi connectivity index (χ4v) is 5.22. The van der Waals surface area contributed by atoms with Crippen molar-refractivity contribution >= 4 is 33.9 Å². The van der Waals surface area contributed by atoms with Crippen molar-refractivity contribution in [3.63, 3.8) is 0 Å². The number of hydrogen-bond donors (Lipinski definition) is 1. The number of ether oxygens (including phenoxy) is 1. The molecule has 0 fully saturated rings. The molecule has 26 heavy (non-hydrogen) atoms. The van der Waals surface area contributed by atoms with Gasteiger partial charge in [-0.15, -0.1) is 11.3 Å². The van der Waals surface area contributed by atoms with Gasteiger partial charge in [-0.2, -0.15) is 0 Å². The molecule has 1 aliphatic heterocycles.